The maximum atomic E-state index is 9.20. The van der Waals surface area contributed by atoms with Crippen LogP contribution in [0, 0.1) is 12.3 Å². The predicted octanol–water partition coefficient (Wildman–Crippen LogP) is 0.876. The number of aromatic nitrogens is 2. The van der Waals surface area contributed by atoms with E-state index in [0.717, 1.165) is 13.0 Å². The normalized spacial score (nSPS) is 15.2. The standard InChI is InChI=1S/C10H19N3O2/c1-4-10(3,7-14)6-11-5-9-12-8(2)15-13-9/h11,14H,4-7H2,1-3H3. The first-order valence-corrected chi connectivity index (χ1v) is 5.20. The number of rotatable bonds is 6. The molecule has 1 aromatic rings. The molecule has 15 heavy (non-hydrogen) atoms. The predicted molar refractivity (Wildman–Crippen MR) is 56.2 cm³/mol. The summed E-state index contributed by atoms with van der Waals surface area (Å²) >= 11 is 0. The quantitative estimate of drug-likeness (QED) is 0.734. The number of aliphatic hydroxyl groups excluding tert-OH is 1. The van der Waals surface area contributed by atoms with Crippen molar-refractivity contribution in [2.24, 2.45) is 5.41 Å². The molecule has 0 aliphatic rings. The molecule has 5 heteroatoms. The topological polar surface area (TPSA) is 71.2 Å². The van der Waals surface area contributed by atoms with E-state index in [9.17, 15) is 5.11 Å². The molecule has 0 fully saturated rings. The number of aliphatic hydroxyl groups is 1. The van der Waals surface area contributed by atoms with Crippen molar-refractivity contribution in [1.29, 1.82) is 0 Å². The summed E-state index contributed by atoms with van der Waals surface area (Å²) in [6, 6.07) is 0. The van der Waals surface area contributed by atoms with Crippen molar-refractivity contribution < 1.29 is 9.63 Å². The summed E-state index contributed by atoms with van der Waals surface area (Å²) in [4.78, 5) is 4.08. The molecule has 0 saturated carbocycles. The zero-order chi connectivity index (χ0) is 11.3. The Morgan fingerprint density at radius 2 is 2.27 bits per heavy atom. The molecule has 1 aromatic heterocycles. The molecule has 0 saturated heterocycles. The highest BCUT2D eigenvalue weighted by Crippen LogP contribution is 2.18. The molecular formula is C10H19N3O2. The van der Waals surface area contributed by atoms with Gasteiger partial charge in [-0.15, -0.1) is 0 Å². The summed E-state index contributed by atoms with van der Waals surface area (Å²) in [5, 5.41) is 16.2. The number of hydrogen-bond acceptors (Lipinski definition) is 5. The molecule has 86 valence electrons. The number of nitrogens with zero attached hydrogens (tertiary/aromatic N) is 2. The molecule has 0 aromatic carbocycles. The van der Waals surface area contributed by atoms with Crippen molar-refractivity contribution in [3.05, 3.63) is 11.7 Å². The zero-order valence-corrected chi connectivity index (χ0v) is 9.58. The van der Waals surface area contributed by atoms with Crippen molar-refractivity contribution in [3.63, 3.8) is 0 Å². The first kappa shape index (κ1) is 12.1. The summed E-state index contributed by atoms with van der Waals surface area (Å²) in [6.07, 6.45) is 0.932. The largest absolute Gasteiger partial charge is 0.396 e. The van der Waals surface area contributed by atoms with E-state index in [0.29, 0.717) is 18.3 Å². The lowest BCUT2D eigenvalue weighted by Gasteiger charge is -2.25. The van der Waals surface area contributed by atoms with Crippen LogP contribution in [-0.2, 0) is 6.54 Å². The highest BCUT2D eigenvalue weighted by atomic mass is 16.5. The van der Waals surface area contributed by atoms with Gasteiger partial charge in [0.25, 0.3) is 0 Å². The zero-order valence-electron chi connectivity index (χ0n) is 9.58. The highest BCUT2D eigenvalue weighted by Gasteiger charge is 2.20. The van der Waals surface area contributed by atoms with Crippen molar-refractivity contribution in [2.45, 2.75) is 33.7 Å². The lowest BCUT2D eigenvalue weighted by molar-refractivity contribution is 0.135. The summed E-state index contributed by atoms with van der Waals surface area (Å²) in [7, 11) is 0. The van der Waals surface area contributed by atoms with Crippen LogP contribution in [0.4, 0.5) is 0 Å². The van der Waals surface area contributed by atoms with Crippen LogP contribution in [0.2, 0.25) is 0 Å². The van der Waals surface area contributed by atoms with Gasteiger partial charge in [-0.2, -0.15) is 4.98 Å². The molecule has 0 aliphatic carbocycles. The third kappa shape index (κ3) is 3.60. The van der Waals surface area contributed by atoms with Gasteiger partial charge in [-0.05, 0) is 6.42 Å². The fraction of sp³-hybridized carbons (Fsp3) is 0.800. The molecule has 1 heterocycles. The van der Waals surface area contributed by atoms with Crippen LogP contribution in [0.1, 0.15) is 32.0 Å². The van der Waals surface area contributed by atoms with E-state index in [4.69, 9.17) is 4.52 Å². The first-order valence-electron chi connectivity index (χ1n) is 5.20. The fourth-order valence-electron chi connectivity index (χ4n) is 1.18. The summed E-state index contributed by atoms with van der Waals surface area (Å²) < 4.78 is 4.85. The Balaban J connectivity index is 2.32. The van der Waals surface area contributed by atoms with E-state index >= 15 is 0 Å². The Morgan fingerprint density at radius 3 is 2.73 bits per heavy atom. The lowest BCUT2D eigenvalue weighted by Crippen LogP contribution is -2.34. The van der Waals surface area contributed by atoms with Gasteiger partial charge >= 0.3 is 0 Å². The van der Waals surface area contributed by atoms with E-state index in [2.05, 4.69) is 22.4 Å². The van der Waals surface area contributed by atoms with Crippen molar-refractivity contribution in [2.75, 3.05) is 13.2 Å². The van der Waals surface area contributed by atoms with Gasteiger partial charge in [-0.1, -0.05) is 19.0 Å². The van der Waals surface area contributed by atoms with Gasteiger partial charge in [-0.3, -0.25) is 0 Å². The van der Waals surface area contributed by atoms with Crippen LogP contribution in [0.25, 0.3) is 0 Å². The second-order valence-electron chi connectivity index (χ2n) is 4.16. The molecule has 0 amide bonds. The minimum Gasteiger partial charge on any atom is -0.396 e. The van der Waals surface area contributed by atoms with Crippen molar-refractivity contribution in [3.8, 4) is 0 Å². The van der Waals surface area contributed by atoms with Gasteiger partial charge in [0.2, 0.25) is 5.89 Å². The van der Waals surface area contributed by atoms with Gasteiger partial charge in [0.1, 0.15) is 0 Å². The Bertz CT molecular complexity index is 295. The van der Waals surface area contributed by atoms with E-state index in [1.807, 2.05) is 6.92 Å². The molecule has 5 nitrogen and oxygen atoms in total. The molecule has 0 bridgehead atoms. The van der Waals surface area contributed by atoms with Crippen LogP contribution in [-0.4, -0.2) is 28.4 Å². The van der Waals surface area contributed by atoms with Gasteiger partial charge < -0.3 is 14.9 Å². The number of hydrogen-bond donors (Lipinski definition) is 2. The second-order valence-corrected chi connectivity index (χ2v) is 4.16. The van der Waals surface area contributed by atoms with E-state index in [1.165, 1.54) is 0 Å². The van der Waals surface area contributed by atoms with Crippen LogP contribution < -0.4 is 5.32 Å². The molecule has 1 rings (SSSR count). The second kappa shape index (κ2) is 5.23. The van der Waals surface area contributed by atoms with Crippen molar-refractivity contribution in [1.82, 2.24) is 15.5 Å². The maximum Gasteiger partial charge on any atom is 0.223 e. The van der Waals surface area contributed by atoms with E-state index in [1.54, 1.807) is 6.92 Å². The molecule has 1 unspecified atom stereocenters. The molecule has 0 aliphatic heterocycles. The van der Waals surface area contributed by atoms with Crippen molar-refractivity contribution >= 4 is 0 Å². The molecule has 0 radical (unpaired) electrons. The minimum atomic E-state index is -0.0707. The Hall–Kier alpha value is -0.940. The molecule has 0 spiro atoms. The van der Waals surface area contributed by atoms with E-state index in [-0.39, 0.29) is 12.0 Å². The Morgan fingerprint density at radius 1 is 1.53 bits per heavy atom. The Labute approximate surface area is 89.9 Å². The third-order valence-corrected chi connectivity index (χ3v) is 2.64. The Kier molecular flexibility index (Phi) is 4.23. The summed E-state index contributed by atoms with van der Waals surface area (Å²) in [5.74, 6) is 1.23. The third-order valence-electron chi connectivity index (χ3n) is 2.64. The van der Waals surface area contributed by atoms with Gasteiger partial charge in [-0.25, -0.2) is 0 Å². The van der Waals surface area contributed by atoms with E-state index < -0.39 is 0 Å². The minimum absolute atomic E-state index is 0.0707. The van der Waals surface area contributed by atoms with Gasteiger partial charge in [0.05, 0.1) is 6.54 Å². The first-order chi connectivity index (χ1) is 7.09. The SMILES string of the molecule is CCC(C)(CO)CNCc1noc(C)n1. The van der Waals surface area contributed by atoms with Gasteiger partial charge in [0, 0.05) is 25.5 Å². The summed E-state index contributed by atoms with van der Waals surface area (Å²) in [5.41, 5.74) is -0.0707. The van der Waals surface area contributed by atoms with Gasteiger partial charge in [0.15, 0.2) is 5.82 Å². The monoisotopic (exact) mass is 213 g/mol. The molecule has 2 N–H and O–H groups in total. The highest BCUT2D eigenvalue weighted by molar-refractivity contribution is 4.84. The average Bonchev–Trinajstić information content (AvgIpc) is 2.64. The molecule has 1 atom stereocenters. The fourth-order valence-corrected chi connectivity index (χ4v) is 1.18. The number of nitrogens with one attached hydrogen (secondary N) is 1. The number of aryl methyl sites for hydroxylation is 1. The molecular weight excluding hydrogens is 194 g/mol. The summed E-state index contributed by atoms with van der Waals surface area (Å²) in [6.45, 7) is 7.38. The van der Waals surface area contributed by atoms with Crippen LogP contribution in [0.3, 0.4) is 0 Å². The maximum absolute atomic E-state index is 9.20. The van der Waals surface area contributed by atoms with Crippen LogP contribution in [0.15, 0.2) is 4.52 Å². The van der Waals surface area contributed by atoms with Crippen LogP contribution in [0.5, 0.6) is 0 Å². The van der Waals surface area contributed by atoms with Crippen LogP contribution >= 0.6 is 0 Å². The smallest absolute Gasteiger partial charge is 0.223 e. The lowest BCUT2D eigenvalue weighted by atomic mass is 9.89. The average molecular weight is 213 g/mol.